The van der Waals surface area contributed by atoms with Gasteiger partial charge in [-0.05, 0) is 30.5 Å². The third-order valence-corrected chi connectivity index (χ3v) is 3.52. The zero-order valence-corrected chi connectivity index (χ0v) is 14.5. The molecule has 0 aliphatic heterocycles. The summed E-state index contributed by atoms with van der Waals surface area (Å²) < 4.78 is 7.62. The maximum absolute atomic E-state index is 5.67. The molecule has 0 saturated carbocycles. The molecule has 1 heterocycles. The molecule has 1 aromatic carbocycles. The maximum atomic E-state index is 5.67. The average Bonchev–Trinajstić information content (AvgIpc) is 3.11. The Morgan fingerprint density at radius 3 is 2.79 bits per heavy atom. The van der Waals surface area contributed by atoms with Gasteiger partial charge in [0.1, 0.15) is 5.75 Å². The van der Waals surface area contributed by atoms with Crippen LogP contribution in [-0.4, -0.2) is 42.5 Å². The monoisotopic (exact) mass is 329 g/mol. The lowest BCUT2D eigenvalue weighted by Crippen LogP contribution is -2.40. The lowest BCUT2D eigenvalue weighted by molar-refractivity contribution is 0.311. The molecule has 2 rings (SSSR count). The van der Waals surface area contributed by atoms with Crippen molar-refractivity contribution in [2.24, 2.45) is 10.9 Å². The average molecular weight is 329 g/mol. The van der Waals surface area contributed by atoms with Crippen LogP contribution in [0.3, 0.4) is 0 Å². The van der Waals surface area contributed by atoms with Crippen LogP contribution < -0.4 is 15.4 Å². The van der Waals surface area contributed by atoms with E-state index in [-0.39, 0.29) is 0 Å². The number of hydrogen-bond donors (Lipinski definition) is 2. The number of para-hydroxylation sites is 1. The molecule has 0 aliphatic rings. The summed E-state index contributed by atoms with van der Waals surface area (Å²) in [5.41, 5.74) is 0. The van der Waals surface area contributed by atoms with Crippen LogP contribution in [0.25, 0.3) is 0 Å². The summed E-state index contributed by atoms with van der Waals surface area (Å²) in [7, 11) is 1.79. The van der Waals surface area contributed by atoms with Gasteiger partial charge in [0.25, 0.3) is 0 Å². The summed E-state index contributed by atoms with van der Waals surface area (Å²) in [6.07, 6.45) is 4.70. The normalized spacial score (nSPS) is 12.7. The van der Waals surface area contributed by atoms with Gasteiger partial charge in [0, 0.05) is 39.1 Å². The van der Waals surface area contributed by atoms with Crippen molar-refractivity contribution in [2.75, 3.05) is 26.7 Å². The second-order valence-electron chi connectivity index (χ2n) is 5.73. The van der Waals surface area contributed by atoms with E-state index in [0.717, 1.165) is 37.8 Å². The summed E-state index contributed by atoms with van der Waals surface area (Å²) in [6.45, 7) is 5.43. The van der Waals surface area contributed by atoms with E-state index >= 15 is 0 Å². The molecular formula is C18H27N5O. The molecule has 0 spiro atoms. The molecule has 0 radical (unpaired) electrons. The van der Waals surface area contributed by atoms with Crippen molar-refractivity contribution in [3.05, 3.63) is 48.8 Å². The van der Waals surface area contributed by atoms with Gasteiger partial charge in [0.2, 0.25) is 0 Å². The Morgan fingerprint density at radius 1 is 1.25 bits per heavy atom. The van der Waals surface area contributed by atoms with Gasteiger partial charge in [0.05, 0.1) is 6.61 Å². The minimum atomic E-state index is 0.463. The highest BCUT2D eigenvalue weighted by Gasteiger charge is 2.05. The second kappa shape index (κ2) is 10.3. The minimum Gasteiger partial charge on any atom is -0.494 e. The van der Waals surface area contributed by atoms with E-state index in [1.807, 2.05) is 47.3 Å². The van der Waals surface area contributed by atoms with Crippen molar-refractivity contribution in [2.45, 2.75) is 19.9 Å². The molecule has 1 atom stereocenters. The van der Waals surface area contributed by atoms with Crippen molar-refractivity contribution in [3.63, 3.8) is 0 Å². The number of hydrogen-bond acceptors (Lipinski definition) is 3. The third-order valence-electron chi connectivity index (χ3n) is 3.52. The van der Waals surface area contributed by atoms with Crippen molar-refractivity contribution in [1.82, 2.24) is 20.4 Å². The SMILES string of the molecule is CN=C(NCCCOc1ccccc1)NCC(C)Cn1cccn1. The smallest absolute Gasteiger partial charge is 0.190 e. The van der Waals surface area contributed by atoms with Crippen LogP contribution in [-0.2, 0) is 6.54 Å². The molecule has 2 N–H and O–H groups in total. The van der Waals surface area contributed by atoms with Crippen molar-refractivity contribution in [1.29, 1.82) is 0 Å². The molecule has 0 fully saturated rings. The Bertz CT molecular complexity index is 583. The first-order chi connectivity index (χ1) is 11.8. The van der Waals surface area contributed by atoms with E-state index in [4.69, 9.17) is 4.74 Å². The number of aliphatic imine (C=N–C) groups is 1. The van der Waals surface area contributed by atoms with Crippen LogP contribution in [0, 0.1) is 5.92 Å². The highest BCUT2D eigenvalue weighted by atomic mass is 16.5. The predicted molar refractivity (Wildman–Crippen MR) is 97.3 cm³/mol. The first-order valence-corrected chi connectivity index (χ1v) is 8.37. The molecular weight excluding hydrogens is 302 g/mol. The molecule has 0 aliphatic carbocycles. The van der Waals surface area contributed by atoms with Crippen molar-refractivity contribution < 1.29 is 4.74 Å². The van der Waals surface area contributed by atoms with Gasteiger partial charge in [-0.15, -0.1) is 0 Å². The molecule has 6 heteroatoms. The van der Waals surface area contributed by atoms with Crippen LogP contribution in [0.4, 0.5) is 0 Å². The van der Waals surface area contributed by atoms with Crippen molar-refractivity contribution in [3.8, 4) is 5.75 Å². The maximum Gasteiger partial charge on any atom is 0.190 e. The highest BCUT2D eigenvalue weighted by Crippen LogP contribution is 2.08. The Kier molecular flexibility index (Phi) is 7.67. The molecule has 0 saturated heterocycles. The number of nitrogens with zero attached hydrogens (tertiary/aromatic N) is 3. The number of ether oxygens (including phenoxy) is 1. The topological polar surface area (TPSA) is 63.5 Å². The van der Waals surface area contributed by atoms with Crippen LogP contribution >= 0.6 is 0 Å². The van der Waals surface area contributed by atoms with Crippen LogP contribution in [0.2, 0.25) is 0 Å². The number of guanidine groups is 1. The van der Waals surface area contributed by atoms with Crippen LogP contribution in [0.1, 0.15) is 13.3 Å². The Hall–Kier alpha value is -2.50. The molecule has 0 bridgehead atoms. The quantitative estimate of drug-likeness (QED) is 0.420. The first kappa shape index (κ1) is 17.8. The van der Waals surface area contributed by atoms with Crippen LogP contribution in [0.15, 0.2) is 53.8 Å². The lowest BCUT2D eigenvalue weighted by atomic mass is 10.2. The fourth-order valence-electron chi connectivity index (χ4n) is 2.27. The van der Waals surface area contributed by atoms with E-state index in [1.165, 1.54) is 0 Å². The van der Waals surface area contributed by atoms with E-state index in [9.17, 15) is 0 Å². The minimum absolute atomic E-state index is 0.463. The zero-order chi connectivity index (χ0) is 17.0. The third kappa shape index (κ3) is 6.73. The summed E-state index contributed by atoms with van der Waals surface area (Å²) in [4.78, 5) is 4.24. The van der Waals surface area contributed by atoms with Crippen LogP contribution in [0.5, 0.6) is 5.75 Å². The molecule has 24 heavy (non-hydrogen) atoms. The summed E-state index contributed by atoms with van der Waals surface area (Å²) in [5.74, 6) is 2.19. The van der Waals surface area contributed by atoms with E-state index in [2.05, 4.69) is 27.6 Å². The molecule has 130 valence electrons. The number of benzene rings is 1. The van der Waals surface area contributed by atoms with Gasteiger partial charge >= 0.3 is 0 Å². The fraction of sp³-hybridized carbons (Fsp3) is 0.444. The summed E-state index contributed by atoms with van der Waals surface area (Å²) in [5, 5.41) is 10.9. The largest absolute Gasteiger partial charge is 0.494 e. The molecule has 1 unspecified atom stereocenters. The molecule has 1 aromatic heterocycles. The van der Waals surface area contributed by atoms with Gasteiger partial charge in [0.15, 0.2) is 5.96 Å². The lowest BCUT2D eigenvalue weighted by Gasteiger charge is -2.16. The van der Waals surface area contributed by atoms with Gasteiger partial charge < -0.3 is 15.4 Å². The first-order valence-electron chi connectivity index (χ1n) is 8.37. The standard InChI is InChI=1S/C18H27N5O/c1-16(15-23-12-6-11-22-23)14-21-18(19-2)20-10-7-13-24-17-8-4-3-5-9-17/h3-6,8-9,11-12,16H,7,10,13-15H2,1-2H3,(H2,19,20,21). The second-order valence-corrected chi connectivity index (χ2v) is 5.73. The van der Waals surface area contributed by atoms with Crippen molar-refractivity contribution >= 4 is 5.96 Å². The van der Waals surface area contributed by atoms with Gasteiger partial charge in [-0.1, -0.05) is 25.1 Å². The molecule has 6 nitrogen and oxygen atoms in total. The van der Waals surface area contributed by atoms with E-state index < -0.39 is 0 Å². The van der Waals surface area contributed by atoms with Gasteiger partial charge in [-0.25, -0.2) is 0 Å². The highest BCUT2D eigenvalue weighted by molar-refractivity contribution is 5.79. The van der Waals surface area contributed by atoms with E-state index in [0.29, 0.717) is 12.5 Å². The van der Waals surface area contributed by atoms with Gasteiger partial charge in [-0.3, -0.25) is 9.67 Å². The summed E-state index contributed by atoms with van der Waals surface area (Å²) >= 11 is 0. The zero-order valence-electron chi connectivity index (χ0n) is 14.5. The Labute approximate surface area is 143 Å². The fourth-order valence-corrected chi connectivity index (χ4v) is 2.27. The molecule has 0 amide bonds. The number of rotatable bonds is 9. The number of nitrogens with one attached hydrogen (secondary N) is 2. The van der Waals surface area contributed by atoms with E-state index in [1.54, 1.807) is 13.2 Å². The predicted octanol–water partition coefficient (Wildman–Crippen LogP) is 2.15. The summed E-state index contributed by atoms with van der Waals surface area (Å²) in [6, 6.07) is 11.8. The Balaban J connectivity index is 1.57. The Morgan fingerprint density at radius 2 is 2.08 bits per heavy atom. The number of aromatic nitrogens is 2. The van der Waals surface area contributed by atoms with Gasteiger partial charge in [-0.2, -0.15) is 5.10 Å². The molecule has 2 aromatic rings.